The smallest absolute Gasteiger partial charge is 0.276 e. The van der Waals surface area contributed by atoms with Crippen LogP contribution in [0.25, 0.3) is 5.65 Å². The number of anilines is 1. The summed E-state index contributed by atoms with van der Waals surface area (Å²) in [6.45, 7) is 4.88. The van der Waals surface area contributed by atoms with Crippen molar-refractivity contribution >= 4 is 44.5 Å². The van der Waals surface area contributed by atoms with Gasteiger partial charge >= 0.3 is 0 Å². The number of nitrogens with two attached hydrogens (primary N) is 1. The van der Waals surface area contributed by atoms with Gasteiger partial charge in [-0.3, -0.25) is 9.79 Å². The van der Waals surface area contributed by atoms with Crippen molar-refractivity contribution in [1.82, 2.24) is 9.38 Å². The van der Waals surface area contributed by atoms with Crippen molar-refractivity contribution in [3.05, 3.63) is 64.3 Å². The van der Waals surface area contributed by atoms with E-state index >= 15 is 4.39 Å². The fourth-order valence-corrected chi connectivity index (χ4v) is 7.82. The number of pyridine rings is 1. The van der Waals surface area contributed by atoms with Gasteiger partial charge in [-0.1, -0.05) is 11.6 Å². The predicted molar refractivity (Wildman–Crippen MR) is 129 cm³/mol. The minimum atomic E-state index is -3.69. The molecule has 178 valence electrons. The zero-order valence-electron chi connectivity index (χ0n) is 18.8. The van der Waals surface area contributed by atoms with Crippen molar-refractivity contribution in [1.29, 1.82) is 0 Å². The lowest BCUT2D eigenvalue weighted by Crippen LogP contribution is -2.55. The molecule has 1 amide bonds. The molecule has 1 fully saturated rings. The van der Waals surface area contributed by atoms with Crippen molar-refractivity contribution in [2.45, 2.75) is 49.1 Å². The Morgan fingerprint density at radius 2 is 2.03 bits per heavy atom. The first-order valence-corrected chi connectivity index (χ1v) is 12.7. The first-order chi connectivity index (χ1) is 15.9. The van der Waals surface area contributed by atoms with Gasteiger partial charge in [0.05, 0.1) is 16.0 Å². The maximum Gasteiger partial charge on any atom is 0.276 e. The summed E-state index contributed by atoms with van der Waals surface area (Å²) >= 11 is 6.05. The van der Waals surface area contributed by atoms with Crippen LogP contribution >= 0.6 is 11.6 Å². The Morgan fingerprint density at radius 3 is 2.76 bits per heavy atom. The molecule has 0 saturated carbocycles. The number of nitrogens with one attached hydrogen (secondary N) is 1. The highest BCUT2D eigenvalue weighted by molar-refractivity contribution is 7.94. The average molecular weight is 504 g/mol. The van der Waals surface area contributed by atoms with Crippen LogP contribution in [0.2, 0.25) is 5.02 Å². The van der Waals surface area contributed by atoms with E-state index in [2.05, 4.69) is 15.3 Å². The van der Waals surface area contributed by atoms with Crippen LogP contribution in [0.4, 0.5) is 10.1 Å². The molecule has 3 aromatic rings. The van der Waals surface area contributed by atoms with E-state index in [1.807, 2.05) is 0 Å². The van der Waals surface area contributed by atoms with Gasteiger partial charge in [0.15, 0.2) is 9.84 Å². The molecular weight excluding hydrogens is 481 g/mol. The topological polar surface area (TPSA) is 119 Å². The minimum absolute atomic E-state index is 0.0171. The second-order valence-corrected chi connectivity index (χ2v) is 12.2. The molecule has 34 heavy (non-hydrogen) atoms. The third kappa shape index (κ3) is 3.01. The summed E-state index contributed by atoms with van der Waals surface area (Å²) in [6, 6.07) is 7.39. The Balaban J connectivity index is 1.53. The van der Waals surface area contributed by atoms with E-state index in [0.717, 1.165) is 0 Å². The van der Waals surface area contributed by atoms with E-state index in [-0.39, 0.29) is 22.8 Å². The number of aromatic nitrogens is 2. The van der Waals surface area contributed by atoms with E-state index < -0.39 is 37.1 Å². The Hall–Kier alpha value is -2.98. The molecule has 4 heterocycles. The summed E-state index contributed by atoms with van der Waals surface area (Å²) in [4.78, 5) is 21.9. The summed E-state index contributed by atoms with van der Waals surface area (Å²) in [5, 5.41) is 2.33. The third-order valence-electron chi connectivity index (χ3n) is 7.21. The number of carbonyl (C=O) groups is 1. The van der Waals surface area contributed by atoms with Gasteiger partial charge in [0.2, 0.25) is 0 Å². The molecule has 0 aliphatic carbocycles. The van der Waals surface area contributed by atoms with Crippen molar-refractivity contribution in [2.75, 3.05) is 5.32 Å². The number of benzene rings is 1. The fraction of sp³-hybridized carbons (Fsp3) is 0.348. The molecule has 2 bridgehead atoms. The van der Waals surface area contributed by atoms with Crippen molar-refractivity contribution in [3.8, 4) is 0 Å². The highest BCUT2D eigenvalue weighted by Crippen LogP contribution is 2.51. The molecule has 0 radical (unpaired) electrons. The zero-order valence-corrected chi connectivity index (χ0v) is 20.3. The summed E-state index contributed by atoms with van der Waals surface area (Å²) in [5.41, 5.74) is 6.37. The van der Waals surface area contributed by atoms with Crippen LogP contribution < -0.4 is 11.1 Å². The minimum Gasteiger partial charge on any atom is -0.386 e. The number of amides is 1. The lowest BCUT2D eigenvalue weighted by Gasteiger charge is -2.39. The van der Waals surface area contributed by atoms with Crippen LogP contribution in [0.5, 0.6) is 0 Å². The van der Waals surface area contributed by atoms with Crippen LogP contribution in [0.1, 0.15) is 48.4 Å². The number of rotatable bonds is 3. The van der Waals surface area contributed by atoms with Gasteiger partial charge in [0.1, 0.15) is 33.3 Å². The number of carbonyl (C=O) groups excluding carboxylic acids is 1. The molecule has 2 aliphatic heterocycles. The molecule has 0 unspecified atom stereocenters. The van der Waals surface area contributed by atoms with E-state index in [4.69, 9.17) is 17.3 Å². The molecule has 2 aromatic heterocycles. The molecule has 8 nitrogen and oxygen atoms in total. The second kappa shape index (κ2) is 7.26. The van der Waals surface area contributed by atoms with Gasteiger partial charge in [-0.15, -0.1) is 0 Å². The van der Waals surface area contributed by atoms with Crippen LogP contribution in [0, 0.1) is 12.7 Å². The Morgan fingerprint density at radius 1 is 1.29 bits per heavy atom. The lowest BCUT2D eigenvalue weighted by atomic mass is 9.86. The van der Waals surface area contributed by atoms with Gasteiger partial charge < -0.3 is 15.5 Å². The number of imidazole rings is 1. The molecule has 3 N–H and O–H groups in total. The Bertz CT molecular complexity index is 1520. The Kier molecular flexibility index (Phi) is 4.87. The van der Waals surface area contributed by atoms with Crippen LogP contribution in [-0.4, -0.2) is 39.5 Å². The SMILES string of the molecule is Cc1c(C(=O)Nc2ccc(F)c([C@@]3(C)N=C(N)[C@@]4(C)CC[C@@H]3S4(=O)=O)c2)nc2ccc(Cl)cn12. The first kappa shape index (κ1) is 22.8. The predicted octanol–water partition coefficient (Wildman–Crippen LogP) is 3.61. The summed E-state index contributed by atoms with van der Waals surface area (Å²) in [7, 11) is -3.69. The zero-order chi connectivity index (χ0) is 24.6. The summed E-state index contributed by atoms with van der Waals surface area (Å²) in [6.07, 6.45) is 2.31. The van der Waals surface area contributed by atoms with Crippen LogP contribution in [0.15, 0.2) is 41.5 Å². The lowest BCUT2D eigenvalue weighted by molar-refractivity contribution is 0.102. The Labute approximate surface area is 201 Å². The van der Waals surface area contributed by atoms with Crippen molar-refractivity contribution in [3.63, 3.8) is 0 Å². The second-order valence-electron chi connectivity index (χ2n) is 9.22. The molecule has 5 rings (SSSR count). The van der Waals surface area contributed by atoms with E-state index in [9.17, 15) is 13.2 Å². The molecule has 2 aliphatic rings. The number of sulfone groups is 1. The number of aryl methyl sites for hydroxylation is 1. The quantitative estimate of drug-likeness (QED) is 0.566. The molecule has 1 aromatic carbocycles. The largest absolute Gasteiger partial charge is 0.386 e. The highest BCUT2D eigenvalue weighted by Gasteiger charge is 2.63. The van der Waals surface area contributed by atoms with E-state index in [0.29, 0.717) is 29.2 Å². The number of amidine groups is 1. The number of fused-ring (bicyclic) bond motifs is 3. The fourth-order valence-electron chi connectivity index (χ4n) is 5.08. The number of nitrogens with zero attached hydrogens (tertiary/aromatic N) is 3. The number of halogens is 2. The molecular formula is C23H23ClFN5O3S. The molecule has 11 heteroatoms. The van der Waals surface area contributed by atoms with Gasteiger partial charge in [0, 0.05) is 17.4 Å². The highest BCUT2D eigenvalue weighted by atomic mass is 35.5. The number of aliphatic imine (C=N–C) groups is 1. The van der Waals surface area contributed by atoms with Gasteiger partial charge in [-0.05, 0) is 63.9 Å². The third-order valence-corrected chi connectivity index (χ3v) is 10.6. The standard InChI is InChI=1S/C23H23ClFN5O3S/c1-12-19(28-18-7-4-13(24)11-30(12)18)20(31)27-14-5-6-16(25)15(10-14)23(3)17-8-9-22(2,21(26)29-23)34(17,32)33/h4-7,10-11,17H,8-9H2,1-3H3,(H2,26,29)(H,27,31)/t17-,22+,23+/m0/s1. The molecule has 1 saturated heterocycles. The van der Waals surface area contributed by atoms with E-state index in [1.54, 1.807) is 43.5 Å². The van der Waals surface area contributed by atoms with Crippen LogP contribution in [0.3, 0.4) is 0 Å². The summed E-state index contributed by atoms with van der Waals surface area (Å²) in [5.74, 6) is -1.13. The first-order valence-electron chi connectivity index (χ1n) is 10.7. The van der Waals surface area contributed by atoms with Crippen molar-refractivity contribution in [2.24, 2.45) is 10.7 Å². The van der Waals surface area contributed by atoms with Gasteiger partial charge in [-0.2, -0.15) is 0 Å². The molecule has 3 atom stereocenters. The van der Waals surface area contributed by atoms with Crippen molar-refractivity contribution < 1.29 is 17.6 Å². The summed E-state index contributed by atoms with van der Waals surface area (Å²) < 4.78 is 42.0. The molecule has 0 spiro atoms. The number of hydrogen-bond donors (Lipinski definition) is 2. The van der Waals surface area contributed by atoms with Crippen LogP contribution in [-0.2, 0) is 15.4 Å². The average Bonchev–Trinajstić information content (AvgIpc) is 3.18. The normalized spacial score (nSPS) is 27.6. The monoisotopic (exact) mass is 503 g/mol. The van der Waals surface area contributed by atoms with Gasteiger partial charge in [-0.25, -0.2) is 17.8 Å². The maximum absolute atomic E-state index is 15.1. The van der Waals surface area contributed by atoms with Gasteiger partial charge in [0.25, 0.3) is 5.91 Å². The maximum atomic E-state index is 15.1. The number of hydrogen-bond acceptors (Lipinski definition) is 6. The van der Waals surface area contributed by atoms with E-state index in [1.165, 1.54) is 18.2 Å².